The van der Waals surface area contributed by atoms with Crippen molar-refractivity contribution in [1.82, 2.24) is 5.32 Å². The molecule has 0 saturated heterocycles. The summed E-state index contributed by atoms with van der Waals surface area (Å²) in [4.78, 5) is 12.1. The number of aliphatic hydroxyl groups excluding tert-OH is 1. The van der Waals surface area contributed by atoms with Crippen LogP contribution in [-0.2, 0) is 6.61 Å². The minimum Gasteiger partial charge on any atom is -0.459 e. The molecule has 27 heavy (non-hydrogen) atoms. The van der Waals surface area contributed by atoms with Gasteiger partial charge in [-0.15, -0.1) is 0 Å². The van der Waals surface area contributed by atoms with Crippen LogP contribution >= 0.6 is 23.8 Å². The van der Waals surface area contributed by atoms with Crippen molar-refractivity contribution in [1.29, 1.82) is 0 Å². The Bertz CT molecular complexity index is 1010. The second-order valence-electron chi connectivity index (χ2n) is 5.54. The number of halogens is 2. The van der Waals surface area contributed by atoms with Gasteiger partial charge in [0.2, 0.25) is 0 Å². The van der Waals surface area contributed by atoms with Crippen molar-refractivity contribution in [2.45, 2.75) is 6.61 Å². The van der Waals surface area contributed by atoms with Crippen molar-refractivity contribution in [3.63, 3.8) is 0 Å². The maximum atomic E-state index is 13.2. The molecule has 0 radical (unpaired) electrons. The highest BCUT2D eigenvalue weighted by molar-refractivity contribution is 7.80. The van der Waals surface area contributed by atoms with Gasteiger partial charge < -0.3 is 14.8 Å². The summed E-state index contributed by atoms with van der Waals surface area (Å²) in [6.45, 7) is -0.217. The summed E-state index contributed by atoms with van der Waals surface area (Å²) >= 11 is 11.3. The molecule has 138 valence electrons. The molecule has 0 aliphatic heterocycles. The number of hydrogen-bond donors (Lipinski definition) is 3. The molecule has 1 heterocycles. The summed E-state index contributed by atoms with van der Waals surface area (Å²) in [5.74, 6) is -0.135. The average molecular weight is 405 g/mol. The molecule has 0 saturated carbocycles. The van der Waals surface area contributed by atoms with Gasteiger partial charge in [-0.2, -0.15) is 0 Å². The molecular weight excluding hydrogens is 391 g/mol. The second kappa shape index (κ2) is 8.30. The molecule has 8 heteroatoms. The number of thiocarbonyl (C=S) groups is 1. The Morgan fingerprint density at radius 1 is 1.19 bits per heavy atom. The normalized spacial score (nSPS) is 10.5. The molecule has 1 aromatic heterocycles. The molecule has 0 bridgehead atoms. The molecule has 0 aliphatic rings. The van der Waals surface area contributed by atoms with Crippen LogP contribution in [0.3, 0.4) is 0 Å². The van der Waals surface area contributed by atoms with Crippen molar-refractivity contribution in [2.24, 2.45) is 0 Å². The first-order valence-corrected chi connectivity index (χ1v) is 8.62. The van der Waals surface area contributed by atoms with E-state index in [0.29, 0.717) is 27.8 Å². The van der Waals surface area contributed by atoms with Crippen LogP contribution in [0.15, 0.2) is 59.0 Å². The van der Waals surface area contributed by atoms with E-state index in [-0.39, 0.29) is 17.3 Å². The number of nitrogens with one attached hydrogen (secondary N) is 2. The van der Waals surface area contributed by atoms with E-state index in [9.17, 15) is 9.18 Å². The van der Waals surface area contributed by atoms with Crippen LogP contribution in [0.2, 0.25) is 5.02 Å². The molecule has 0 fully saturated rings. The van der Waals surface area contributed by atoms with Crippen molar-refractivity contribution in [3.8, 4) is 11.3 Å². The highest BCUT2D eigenvalue weighted by Crippen LogP contribution is 2.32. The van der Waals surface area contributed by atoms with Gasteiger partial charge in [0.1, 0.15) is 23.9 Å². The van der Waals surface area contributed by atoms with E-state index in [4.69, 9.17) is 33.3 Å². The van der Waals surface area contributed by atoms with Crippen molar-refractivity contribution >= 4 is 40.5 Å². The predicted octanol–water partition coefficient (Wildman–Crippen LogP) is 4.36. The summed E-state index contributed by atoms with van der Waals surface area (Å²) in [6.07, 6.45) is 0. The Kier molecular flexibility index (Phi) is 5.85. The van der Waals surface area contributed by atoms with Crippen molar-refractivity contribution in [2.75, 3.05) is 5.32 Å². The number of amides is 1. The minimum atomic E-state index is -0.528. The zero-order chi connectivity index (χ0) is 19.4. The van der Waals surface area contributed by atoms with Gasteiger partial charge in [-0.25, -0.2) is 4.39 Å². The van der Waals surface area contributed by atoms with Crippen LogP contribution < -0.4 is 10.6 Å². The fourth-order valence-electron chi connectivity index (χ4n) is 2.37. The lowest BCUT2D eigenvalue weighted by Crippen LogP contribution is -2.34. The van der Waals surface area contributed by atoms with Crippen LogP contribution in [0.4, 0.5) is 10.1 Å². The van der Waals surface area contributed by atoms with Crippen LogP contribution in [0.1, 0.15) is 16.1 Å². The lowest BCUT2D eigenvalue weighted by molar-refractivity contribution is 0.0977. The van der Waals surface area contributed by atoms with E-state index in [1.807, 2.05) is 0 Å². The quantitative estimate of drug-likeness (QED) is 0.563. The lowest BCUT2D eigenvalue weighted by atomic mass is 10.1. The largest absolute Gasteiger partial charge is 0.459 e. The number of rotatable bonds is 4. The third-order valence-electron chi connectivity index (χ3n) is 3.62. The summed E-state index contributed by atoms with van der Waals surface area (Å²) < 4.78 is 18.7. The predicted molar refractivity (Wildman–Crippen MR) is 105 cm³/mol. The SMILES string of the molecule is O=C(NC(=S)Nc1ccc(Cl)c(-c2ccc(CO)o2)c1)c1cccc(F)c1. The first-order valence-electron chi connectivity index (χ1n) is 7.83. The Morgan fingerprint density at radius 3 is 2.70 bits per heavy atom. The Balaban J connectivity index is 1.72. The molecule has 3 rings (SSSR count). The van der Waals surface area contributed by atoms with Crippen molar-refractivity contribution < 1.29 is 18.7 Å². The number of benzene rings is 2. The van der Waals surface area contributed by atoms with Gasteiger partial charge >= 0.3 is 0 Å². The minimum absolute atomic E-state index is 0.0491. The van der Waals surface area contributed by atoms with E-state index < -0.39 is 11.7 Å². The number of carbonyl (C=O) groups is 1. The van der Waals surface area contributed by atoms with Crippen LogP contribution in [0.25, 0.3) is 11.3 Å². The van der Waals surface area contributed by atoms with Gasteiger partial charge in [0.25, 0.3) is 5.91 Å². The average Bonchev–Trinajstić information content (AvgIpc) is 3.12. The third-order valence-corrected chi connectivity index (χ3v) is 4.15. The Hall–Kier alpha value is -2.74. The van der Waals surface area contributed by atoms with Crippen molar-refractivity contribution in [3.05, 3.63) is 76.8 Å². The van der Waals surface area contributed by atoms with Gasteiger partial charge in [0, 0.05) is 16.8 Å². The number of anilines is 1. The number of hydrogen-bond acceptors (Lipinski definition) is 4. The number of furan rings is 1. The van der Waals surface area contributed by atoms with Gasteiger partial charge in [0.15, 0.2) is 5.11 Å². The molecule has 0 spiro atoms. The fourth-order valence-corrected chi connectivity index (χ4v) is 2.79. The van der Waals surface area contributed by atoms with E-state index in [1.54, 1.807) is 30.3 Å². The van der Waals surface area contributed by atoms with Gasteiger partial charge in [-0.3, -0.25) is 10.1 Å². The second-order valence-corrected chi connectivity index (χ2v) is 6.35. The highest BCUT2D eigenvalue weighted by atomic mass is 35.5. The molecular formula is C19H14ClFN2O3S. The Labute approximate surface area is 164 Å². The van der Waals surface area contributed by atoms with E-state index >= 15 is 0 Å². The number of aliphatic hydroxyl groups is 1. The van der Waals surface area contributed by atoms with E-state index in [1.165, 1.54) is 18.2 Å². The Morgan fingerprint density at radius 2 is 2.00 bits per heavy atom. The zero-order valence-electron chi connectivity index (χ0n) is 13.8. The van der Waals surface area contributed by atoms with E-state index in [0.717, 1.165) is 6.07 Å². The molecule has 0 atom stereocenters. The van der Waals surface area contributed by atoms with Gasteiger partial charge in [-0.1, -0.05) is 17.7 Å². The van der Waals surface area contributed by atoms with Crippen LogP contribution in [-0.4, -0.2) is 16.1 Å². The van der Waals surface area contributed by atoms with E-state index in [2.05, 4.69) is 10.6 Å². The summed E-state index contributed by atoms with van der Waals surface area (Å²) in [5, 5.41) is 15.0. The fraction of sp³-hybridized carbons (Fsp3) is 0.0526. The summed E-state index contributed by atoms with van der Waals surface area (Å²) in [5.41, 5.74) is 1.32. The molecule has 1 amide bonds. The standard InChI is InChI=1S/C19H14ClFN2O3S/c20-16-6-4-13(9-15(16)17-7-5-14(10-24)26-17)22-19(27)23-18(25)11-2-1-3-12(21)8-11/h1-9,24H,10H2,(H2,22,23,25,27). The number of carbonyl (C=O) groups excluding carboxylic acids is 1. The topological polar surface area (TPSA) is 74.5 Å². The molecule has 5 nitrogen and oxygen atoms in total. The first-order chi connectivity index (χ1) is 13.0. The zero-order valence-corrected chi connectivity index (χ0v) is 15.4. The van der Waals surface area contributed by atoms with Gasteiger partial charge in [0.05, 0.1) is 5.02 Å². The summed E-state index contributed by atoms with van der Waals surface area (Å²) in [7, 11) is 0. The third kappa shape index (κ3) is 4.71. The molecule has 3 N–H and O–H groups in total. The van der Waals surface area contributed by atoms with Crippen LogP contribution in [0.5, 0.6) is 0 Å². The van der Waals surface area contributed by atoms with Crippen LogP contribution in [0, 0.1) is 5.82 Å². The summed E-state index contributed by atoms with van der Waals surface area (Å²) in [6, 6.07) is 13.7. The molecule has 0 aliphatic carbocycles. The monoisotopic (exact) mass is 404 g/mol. The molecule has 0 unspecified atom stereocenters. The smallest absolute Gasteiger partial charge is 0.257 e. The molecule has 3 aromatic rings. The highest BCUT2D eigenvalue weighted by Gasteiger charge is 2.12. The van der Waals surface area contributed by atoms with Gasteiger partial charge in [-0.05, 0) is 60.7 Å². The maximum Gasteiger partial charge on any atom is 0.257 e. The molecule has 2 aromatic carbocycles. The lowest BCUT2D eigenvalue weighted by Gasteiger charge is -2.11. The first kappa shape index (κ1) is 19.0. The maximum absolute atomic E-state index is 13.2.